The Morgan fingerprint density at radius 1 is 1.22 bits per heavy atom. The molecular formula is C10H19NO5S2. The molecule has 0 spiro atoms. The summed E-state index contributed by atoms with van der Waals surface area (Å²) in [6.07, 6.45) is 2.50. The molecule has 2 atom stereocenters. The van der Waals surface area contributed by atoms with Crippen LogP contribution in [-0.2, 0) is 19.9 Å². The Bertz CT molecular complexity index is 498. The van der Waals surface area contributed by atoms with E-state index in [1.54, 1.807) is 0 Å². The van der Waals surface area contributed by atoms with Gasteiger partial charge in [-0.25, -0.2) is 16.8 Å². The van der Waals surface area contributed by atoms with Crippen molar-refractivity contribution in [1.82, 2.24) is 4.31 Å². The van der Waals surface area contributed by atoms with Gasteiger partial charge in [0.2, 0.25) is 10.0 Å². The fourth-order valence-corrected chi connectivity index (χ4v) is 7.45. The number of nitrogens with zero attached hydrogens (tertiary/aromatic N) is 1. The average Bonchev–Trinajstić information content (AvgIpc) is 2.70. The van der Waals surface area contributed by atoms with E-state index in [-0.39, 0.29) is 30.6 Å². The normalized spacial score (nSPS) is 33.6. The van der Waals surface area contributed by atoms with Crippen molar-refractivity contribution in [2.45, 2.75) is 37.0 Å². The third-order valence-electron chi connectivity index (χ3n) is 3.72. The molecule has 0 amide bonds. The van der Waals surface area contributed by atoms with Crippen LogP contribution < -0.4 is 0 Å². The third kappa shape index (κ3) is 2.71. The molecule has 0 radical (unpaired) electrons. The lowest BCUT2D eigenvalue weighted by molar-refractivity contribution is 0.154. The van der Waals surface area contributed by atoms with Crippen molar-refractivity contribution in [1.29, 1.82) is 0 Å². The molecule has 2 aliphatic heterocycles. The summed E-state index contributed by atoms with van der Waals surface area (Å²) in [5.74, 6) is -0.321. The summed E-state index contributed by atoms with van der Waals surface area (Å²) < 4.78 is 48.9. The van der Waals surface area contributed by atoms with Gasteiger partial charge in [-0.3, -0.25) is 0 Å². The molecule has 106 valence electrons. The molecule has 0 aromatic heterocycles. The van der Waals surface area contributed by atoms with Crippen molar-refractivity contribution >= 4 is 19.9 Å². The van der Waals surface area contributed by atoms with E-state index in [0.717, 1.165) is 12.8 Å². The highest BCUT2D eigenvalue weighted by atomic mass is 32.2. The lowest BCUT2D eigenvalue weighted by atomic mass is 10.1. The number of aliphatic hydroxyl groups is 1. The van der Waals surface area contributed by atoms with Crippen LogP contribution in [0.2, 0.25) is 0 Å². The zero-order chi connectivity index (χ0) is 13.4. The molecule has 1 N–H and O–H groups in total. The monoisotopic (exact) mass is 297 g/mol. The summed E-state index contributed by atoms with van der Waals surface area (Å²) in [4.78, 5) is 0. The summed E-state index contributed by atoms with van der Waals surface area (Å²) in [5, 5.41) is 8.42. The van der Waals surface area contributed by atoms with Crippen LogP contribution in [0.1, 0.15) is 25.7 Å². The lowest BCUT2D eigenvalue weighted by Gasteiger charge is -2.35. The molecule has 2 heterocycles. The van der Waals surface area contributed by atoms with Crippen LogP contribution in [0.25, 0.3) is 0 Å². The Hall–Kier alpha value is -0.180. The molecule has 6 nitrogen and oxygen atoms in total. The maximum Gasteiger partial charge on any atom is 0.218 e. The van der Waals surface area contributed by atoms with Gasteiger partial charge in [-0.15, -0.1) is 0 Å². The van der Waals surface area contributed by atoms with E-state index in [0.29, 0.717) is 13.0 Å². The quantitative estimate of drug-likeness (QED) is 0.747. The molecule has 2 aliphatic rings. The summed E-state index contributed by atoms with van der Waals surface area (Å²) in [7, 11) is -6.81. The topological polar surface area (TPSA) is 91.8 Å². The fourth-order valence-electron chi connectivity index (χ4n) is 2.68. The Balaban J connectivity index is 2.20. The van der Waals surface area contributed by atoms with Crippen molar-refractivity contribution < 1.29 is 21.9 Å². The Labute approximate surface area is 108 Å². The largest absolute Gasteiger partial charge is 0.395 e. The molecule has 0 saturated carbocycles. The Morgan fingerprint density at radius 2 is 1.94 bits per heavy atom. The average molecular weight is 297 g/mol. The molecule has 2 unspecified atom stereocenters. The standard InChI is InChI=1S/C10H19NO5S2/c12-7-9-3-1-2-5-11(9)18(15,16)10-4-6-17(13,14)8-10/h9-10,12H,1-8H2. The van der Waals surface area contributed by atoms with Crippen LogP contribution in [0.4, 0.5) is 0 Å². The van der Waals surface area contributed by atoms with E-state index >= 15 is 0 Å². The van der Waals surface area contributed by atoms with E-state index in [9.17, 15) is 21.9 Å². The molecule has 2 rings (SSSR count). The Morgan fingerprint density at radius 3 is 2.50 bits per heavy atom. The minimum Gasteiger partial charge on any atom is -0.395 e. The molecule has 0 aliphatic carbocycles. The first-order valence-corrected chi connectivity index (χ1v) is 9.51. The highest BCUT2D eigenvalue weighted by Gasteiger charge is 2.43. The molecule has 2 saturated heterocycles. The second kappa shape index (κ2) is 5.07. The number of sulfone groups is 1. The van der Waals surface area contributed by atoms with Crippen molar-refractivity contribution in [2.75, 3.05) is 24.7 Å². The number of hydrogen-bond acceptors (Lipinski definition) is 5. The third-order valence-corrected chi connectivity index (χ3v) is 8.08. The van der Waals surface area contributed by atoms with E-state index in [1.165, 1.54) is 4.31 Å². The summed E-state index contributed by atoms with van der Waals surface area (Å²) in [6, 6.07) is -0.382. The zero-order valence-electron chi connectivity index (χ0n) is 10.2. The van der Waals surface area contributed by atoms with Crippen LogP contribution in [0.3, 0.4) is 0 Å². The van der Waals surface area contributed by atoms with Gasteiger partial charge in [-0.1, -0.05) is 6.42 Å². The maximum atomic E-state index is 12.4. The van der Waals surface area contributed by atoms with Crippen LogP contribution in [0, 0.1) is 0 Å². The molecule has 0 bridgehead atoms. The molecular weight excluding hydrogens is 278 g/mol. The number of aliphatic hydroxyl groups excluding tert-OH is 1. The van der Waals surface area contributed by atoms with Gasteiger partial charge in [-0.2, -0.15) is 4.31 Å². The van der Waals surface area contributed by atoms with E-state index < -0.39 is 25.1 Å². The van der Waals surface area contributed by atoms with Gasteiger partial charge >= 0.3 is 0 Å². The van der Waals surface area contributed by atoms with Crippen LogP contribution in [0.5, 0.6) is 0 Å². The second-order valence-electron chi connectivity index (χ2n) is 5.01. The molecule has 2 fully saturated rings. The first-order valence-electron chi connectivity index (χ1n) is 6.19. The molecule has 0 aromatic rings. The summed E-state index contributed by atoms with van der Waals surface area (Å²) >= 11 is 0. The molecule has 8 heteroatoms. The van der Waals surface area contributed by atoms with Gasteiger partial charge in [0, 0.05) is 12.6 Å². The van der Waals surface area contributed by atoms with Gasteiger partial charge in [0.25, 0.3) is 0 Å². The molecule has 0 aromatic carbocycles. The second-order valence-corrected chi connectivity index (χ2v) is 9.41. The van der Waals surface area contributed by atoms with Gasteiger partial charge < -0.3 is 5.11 Å². The lowest BCUT2D eigenvalue weighted by Crippen LogP contribution is -2.49. The highest BCUT2D eigenvalue weighted by molar-refractivity contribution is 7.95. The minimum atomic E-state index is -3.60. The van der Waals surface area contributed by atoms with Gasteiger partial charge in [0.05, 0.1) is 23.4 Å². The number of piperidine rings is 1. The minimum absolute atomic E-state index is 0.0471. The number of rotatable bonds is 3. The van der Waals surface area contributed by atoms with Crippen molar-refractivity contribution in [3.05, 3.63) is 0 Å². The van der Waals surface area contributed by atoms with Crippen LogP contribution in [-0.4, -0.2) is 62.2 Å². The molecule has 18 heavy (non-hydrogen) atoms. The fraction of sp³-hybridized carbons (Fsp3) is 1.00. The van der Waals surface area contributed by atoms with Crippen molar-refractivity contribution in [3.8, 4) is 0 Å². The van der Waals surface area contributed by atoms with E-state index in [2.05, 4.69) is 0 Å². The predicted molar refractivity (Wildman–Crippen MR) is 67.4 cm³/mol. The maximum absolute atomic E-state index is 12.4. The van der Waals surface area contributed by atoms with E-state index in [4.69, 9.17) is 0 Å². The Kier molecular flexibility index (Phi) is 4.01. The predicted octanol–water partition coefficient (Wildman–Crippen LogP) is -0.650. The zero-order valence-corrected chi connectivity index (χ0v) is 11.8. The number of hydrogen-bond donors (Lipinski definition) is 1. The van der Waals surface area contributed by atoms with Gasteiger partial charge in [0.15, 0.2) is 9.84 Å². The van der Waals surface area contributed by atoms with Crippen LogP contribution >= 0.6 is 0 Å². The van der Waals surface area contributed by atoms with Crippen LogP contribution in [0.15, 0.2) is 0 Å². The van der Waals surface area contributed by atoms with Gasteiger partial charge in [-0.05, 0) is 19.3 Å². The number of sulfonamides is 1. The first kappa shape index (κ1) is 14.2. The smallest absolute Gasteiger partial charge is 0.218 e. The van der Waals surface area contributed by atoms with Gasteiger partial charge in [0.1, 0.15) is 0 Å². The first-order chi connectivity index (χ1) is 8.37. The summed E-state index contributed by atoms with van der Waals surface area (Å²) in [6.45, 7) is 0.197. The highest BCUT2D eigenvalue weighted by Crippen LogP contribution is 2.27. The summed E-state index contributed by atoms with van der Waals surface area (Å²) in [5.41, 5.74) is 0. The van der Waals surface area contributed by atoms with Crippen molar-refractivity contribution in [2.24, 2.45) is 0 Å². The van der Waals surface area contributed by atoms with E-state index in [1.807, 2.05) is 0 Å². The van der Waals surface area contributed by atoms with Crippen molar-refractivity contribution in [3.63, 3.8) is 0 Å². The SMILES string of the molecule is O=S1(=O)CCC(S(=O)(=O)N2CCCCC2CO)C1.